The zero-order valence-electron chi connectivity index (χ0n) is 7.71. The molecule has 0 aliphatic carbocycles. The van der Waals surface area contributed by atoms with E-state index in [1.54, 1.807) is 16.9 Å². The van der Waals surface area contributed by atoms with Crippen LogP contribution in [0, 0.1) is 0 Å². The van der Waals surface area contributed by atoms with Crippen molar-refractivity contribution in [3.63, 3.8) is 0 Å². The van der Waals surface area contributed by atoms with E-state index in [-0.39, 0.29) is 0 Å². The summed E-state index contributed by atoms with van der Waals surface area (Å²) < 4.78 is 1.73. The molecule has 0 N–H and O–H groups in total. The Morgan fingerprint density at radius 3 is 2.71 bits per heavy atom. The molecule has 0 spiro atoms. The average molecular weight is 187 g/mol. The van der Waals surface area contributed by atoms with Gasteiger partial charge in [-0.05, 0) is 18.2 Å². The maximum atomic E-state index is 10.4. The van der Waals surface area contributed by atoms with Gasteiger partial charge in [-0.2, -0.15) is 5.10 Å². The van der Waals surface area contributed by atoms with Crippen molar-refractivity contribution in [3.05, 3.63) is 36.3 Å². The Kier molecular flexibility index (Phi) is 2.10. The molecular formula is C10H9N3O. The van der Waals surface area contributed by atoms with E-state index in [0.717, 1.165) is 17.5 Å². The second kappa shape index (κ2) is 3.41. The van der Waals surface area contributed by atoms with E-state index >= 15 is 0 Å². The first-order valence-electron chi connectivity index (χ1n) is 4.21. The van der Waals surface area contributed by atoms with Crippen molar-refractivity contribution in [1.82, 2.24) is 14.8 Å². The lowest BCUT2D eigenvalue weighted by Gasteiger charge is -1.95. The topological polar surface area (TPSA) is 47.8 Å². The third-order valence-electron chi connectivity index (χ3n) is 1.92. The van der Waals surface area contributed by atoms with Gasteiger partial charge in [0.15, 0.2) is 6.29 Å². The minimum absolute atomic E-state index is 0.435. The summed E-state index contributed by atoms with van der Waals surface area (Å²) in [7, 11) is 1.86. The Bertz CT molecular complexity index is 445. The lowest BCUT2D eigenvalue weighted by molar-refractivity contribution is 0.111. The van der Waals surface area contributed by atoms with Crippen LogP contribution in [0.4, 0.5) is 0 Å². The highest BCUT2D eigenvalue weighted by atomic mass is 16.1. The molecule has 2 rings (SSSR count). The molecule has 0 aliphatic rings. The fraction of sp³-hybridized carbons (Fsp3) is 0.100. The summed E-state index contributed by atoms with van der Waals surface area (Å²) in [6.07, 6.45) is 4.23. The minimum Gasteiger partial charge on any atom is -0.296 e. The SMILES string of the molecule is Cn1ccc(-c2ccc(C=O)nc2)n1. The van der Waals surface area contributed by atoms with Crippen LogP contribution in [0.1, 0.15) is 10.5 Å². The van der Waals surface area contributed by atoms with Gasteiger partial charge in [-0.1, -0.05) is 0 Å². The summed E-state index contributed by atoms with van der Waals surface area (Å²) in [6, 6.07) is 5.41. The second-order valence-electron chi connectivity index (χ2n) is 2.96. The summed E-state index contributed by atoms with van der Waals surface area (Å²) in [6.45, 7) is 0. The Morgan fingerprint density at radius 1 is 1.36 bits per heavy atom. The van der Waals surface area contributed by atoms with Gasteiger partial charge in [-0.25, -0.2) is 0 Å². The number of aldehydes is 1. The highest BCUT2D eigenvalue weighted by Gasteiger charge is 2.00. The predicted molar refractivity (Wildman–Crippen MR) is 51.8 cm³/mol. The lowest BCUT2D eigenvalue weighted by atomic mass is 10.2. The summed E-state index contributed by atoms with van der Waals surface area (Å²) in [5.74, 6) is 0. The fourth-order valence-corrected chi connectivity index (χ4v) is 1.20. The van der Waals surface area contributed by atoms with Crippen LogP contribution in [0.15, 0.2) is 30.6 Å². The molecule has 0 atom stereocenters. The van der Waals surface area contributed by atoms with E-state index in [4.69, 9.17) is 0 Å². The van der Waals surface area contributed by atoms with E-state index < -0.39 is 0 Å². The number of hydrogen-bond donors (Lipinski definition) is 0. The van der Waals surface area contributed by atoms with Crippen LogP contribution in [-0.2, 0) is 7.05 Å². The third-order valence-corrected chi connectivity index (χ3v) is 1.92. The smallest absolute Gasteiger partial charge is 0.168 e. The number of hydrogen-bond acceptors (Lipinski definition) is 3. The van der Waals surface area contributed by atoms with E-state index in [2.05, 4.69) is 10.1 Å². The van der Waals surface area contributed by atoms with E-state index in [0.29, 0.717) is 5.69 Å². The van der Waals surface area contributed by atoms with Gasteiger partial charge in [0, 0.05) is 25.0 Å². The standard InChI is InChI=1S/C10H9N3O/c1-13-5-4-10(12-13)8-2-3-9(7-14)11-6-8/h2-7H,1H3. The van der Waals surface area contributed by atoms with E-state index in [9.17, 15) is 4.79 Å². The maximum absolute atomic E-state index is 10.4. The van der Waals surface area contributed by atoms with Crippen LogP contribution < -0.4 is 0 Å². The number of nitrogens with zero attached hydrogens (tertiary/aromatic N) is 3. The molecule has 0 unspecified atom stereocenters. The molecule has 2 aromatic heterocycles. The first-order valence-corrected chi connectivity index (χ1v) is 4.21. The molecule has 2 heterocycles. The molecule has 4 nitrogen and oxygen atoms in total. The summed E-state index contributed by atoms with van der Waals surface area (Å²) in [5, 5.41) is 4.22. The van der Waals surface area contributed by atoms with Crippen LogP contribution >= 0.6 is 0 Å². The molecule has 14 heavy (non-hydrogen) atoms. The number of carbonyl (C=O) groups is 1. The molecule has 0 saturated heterocycles. The molecular weight excluding hydrogens is 178 g/mol. The molecule has 0 radical (unpaired) electrons. The molecule has 2 aromatic rings. The monoisotopic (exact) mass is 187 g/mol. The Labute approximate surface area is 81.2 Å². The largest absolute Gasteiger partial charge is 0.296 e. The zero-order chi connectivity index (χ0) is 9.97. The van der Waals surface area contributed by atoms with Crippen molar-refractivity contribution < 1.29 is 4.79 Å². The van der Waals surface area contributed by atoms with Crippen LogP contribution in [0.3, 0.4) is 0 Å². The highest BCUT2D eigenvalue weighted by Crippen LogP contribution is 2.14. The van der Waals surface area contributed by atoms with Crippen molar-refractivity contribution in [2.75, 3.05) is 0 Å². The summed E-state index contributed by atoms with van der Waals surface area (Å²) in [5.41, 5.74) is 2.21. The summed E-state index contributed by atoms with van der Waals surface area (Å²) >= 11 is 0. The van der Waals surface area contributed by atoms with Gasteiger partial charge in [-0.3, -0.25) is 14.5 Å². The first-order chi connectivity index (χ1) is 6.79. The van der Waals surface area contributed by atoms with Crippen LogP contribution in [-0.4, -0.2) is 21.1 Å². The van der Waals surface area contributed by atoms with Crippen LogP contribution in [0.25, 0.3) is 11.3 Å². The van der Waals surface area contributed by atoms with Gasteiger partial charge in [-0.15, -0.1) is 0 Å². The normalized spacial score (nSPS) is 10.1. The van der Waals surface area contributed by atoms with Crippen molar-refractivity contribution in [3.8, 4) is 11.3 Å². The highest BCUT2D eigenvalue weighted by molar-refractivity contribution is 5.72. The molecule has 0 fully saturated rings. The van der Waals surface area contributed by atoms with Crippen LogP contribution in [0.2, 0.25) is 0 Å². The van der Waals surface area contributed by atoms with Crippen molar-refractivity contribution in [1.29, 1.82) is 0 Å². The van der Waals surface area contributed by atoms with Crippen molar-refractivity contribution in [2.45, 2.75) is 0 Å². The molecule has 70 valence electrons. The van der Waals surface area contributed by atoms with Gasteiger partial charge in [0.2, 0.25) is 0 Å². The third kappa shape index (κ3) is 1.54. The van der Waals surface area contributed by atoms with Gasteiger partial charge in [0.05, 0.1) is 5.69 Å². The number of aryl methyl sites for hydroxylation is 1. The van der Waals surface area contributed by atoms with Gasteiger partial charge in [0.1, 0.15) is 5.69 Å². The number of aromatic nitrogens is 3. The quantitative estimate of drug-likeness (QED) is 0.665. The second-order valence-corrected chi connectivity index (χ2v) is 2.96. The predicted octanol–water partition coefficient (Wildman–Crippen LogP) is 1.29. The fourth-order valence-electron chi connectivity index (χ4n) is 1.20. The Morgan fingerprint density at radius 2 is 2.21 bits per heavy atom. The molecule has 0 saturated carbocycles. The number of carbonyl (C=O) groups excluding carboxylic acids is 1. The van der Waals surface area contributed by atoms with Gasteiger partial charge in [0.25, 0.3) is 0 Å². The number of pyridine rings is 1. The molecule has 0 aliphatic heterocycles. The first kappa shape index (κ1) is 8.62. The maximum Gasteiger partial charge on any atom is 0.168 e. The van der Waals surface area contributed by atoms with Crippen molar-refractivity contribution >= 4 is 6.29 Å². The Hall–Kier alpha value is -1.97. The molecule has 0 amide bonds. The zero-order valence-corrected chi connectivity index (χ0v) is 7.71. The average Bonchev–Trinajstić information content (AvgIpc) is 2.65. The van der Waals surface area contributed by atoms with Crippen molar-refractivity contribution in [2.24, 2.45) is 7.05 Å². The van der Waals surface area contributed by atoms with E-state index in [1.165, 1.54) is 0 Å². The number of rotatable bonds is 2. The molecule has 4 heteroatoms. The Balaban J connectivity index is 2.38. The minimum atomic E-state index is 0.435. The van der Waals surface area contributed by atoms with Crippen LogP contribution in [0.5, 0.6) is 0 Å². The van der Waals surface area contributed by atoms with Gasteiger partial charge < -0.3 is 0 Å². The van der Waals surface area contributed by atoms with E-state index in [1.807, 2.05) is 25.4 Å². The van der Waals surface area contributed by atoms with Gasteiger partial charge >= 0.3 is 0 Å². The summed E-state index contributed by atoms with van der Waals surface area (Å²) in [4.78, 5) is 14.3. The molecule has 0 bridgehead atoms. The molecule has 0 aromatic carbocycles. The lowest BCUT2D eigenvalue weighted by Crippen LogP contribution is -1.90.